The number of benzene rings is 9. The van der Waals surface area contributed by atoms with Crippen molar-refractivity contribution in [3.8, 4) is 44.9 Å². The van der Waals surface area contributed by atoms with Gasteiger partial charge in [0, 0.05) is 50.1 Å². The lowest BCUT2D eigenvalue weighted by Crippen LogP contribution is -1.97. The standard InChI is InChI=1S/C55H35N3/c1-3-13-36(14-4-1)41-31-42(55-46-20-10-8-16-38(46)29-30-56-55)33-44(32-41)58-50-22-12-11-21-47(50)49-34-39(25-27-51(49)58)40-23-26-48-53(35-40)57(43-17-5-2-6-18-43)52-28-24-37-15-7-9-19-45(37)54(48)52/h1-35H. The SMILES string of the molecule is c1ccc(-c2cc(-c3nccc4ccccc34)cc(-n3c4ccccc4c4cc(-c5ccc6c7c8ccccc8ccc7n(-c7ccccc7)c6c5)ccc43)c2)cc1. The fraction of sp³-hybridized carbons (Fsp3) is 0. The Labute approximate surface area is 335 Å². The van der Waals surface area contributed by atoms with E-state index in [9.17, 15) is 0 Å². The second-order valence-electron chi connectivity index (χ2n) is 15.2. The lowest BCUT2D eigenvalue weighted by Gasteiger charge is -2.15. The third-order valence-electron chi connectivity index (χ3n) is 11.9. The van der Waals surface area contributed by atoms with E-state index in [0.29, 0.717) is 0 Å². The van der Waals surface area contributed by atoms with Gasteiger partial charge in [0.2, 0.25) is 0 Å². The Balaban J connectivity index is 1.08. The number of hydrogen-bond acceptors (Lipinski definition) is 1. The van der Waals surface area contributed by atoms with Crippen molar-refractivity contribution in [2.45, 2.75) is 0 Å². The summed E-state index contributed by atoms with van der Waals surface area (Å²) < 4.78 is 4.85. The number of pyridine rings is 1. The third kappa shape index (κ3) is 5.04. The molecule has 0 bridgehead atoms. The molecule has 0 aliphatic heterocycles. The number of fused-ring (bicyclic) bond motifs is 9. The molecule has 0 spiro atoms. The highest BCUT2D eigenvalue weighted by Crippen LogP contribution is 2.41. The molecule has 3 heteroatoms. The predicted molar refractivity (Wildman–Crippen MR) is 244 cm³/mol. The van der Waals surface area contributed by atoms with E-state index >= 15 is 0 Å². The molecule has 58 heavy (non-hydrogen) atoms. The zero-order valence-corrected chi connectivity index (χ0v) is 31.5. The van der Waals surface area contributed by atoms with Crippen LogP contribution in [0.15, 0.2) is 212 Å². The Bertz CT molecular complexity index is 3550. The van der Waals surface area contributed by atoms with Crippen LogP contribution in [0.25, 0.3) is 110 Å². The summed E-state index contributed by atoms with van der Waals surface area (Å²) in [6.07, 6.45) is 1.92. The van der Waals surface area contributed by atoms with Crippen LogP contribution in [0.2, 0.25) is 0 Å². The molecule has 0 aliphatic carbocycles. The minimum Gasteiger partial charge on any atom is -0.309 e. The number of nitrogens with zero attached hydrogens (tertiary/aromatic N) is 3. The van der Waals surface area contributed by atoms with Gasteiger partial charge in [0.05, 0.1) is 27.8 Å². The molecule has 12 aromatic rings. The van der Waals surface area contributed by atoms with Gasteiger partial charge in [-0.15, -0.1) is 0 Å². The van der Waals surface area contributed by atoms with Crippen LogP contribution in [0.3, 0.4) is 0 Å². The molecule has 0 unspecified atom stereocenters. The van der Waals surface area contributed by atoms with Crippen LogP contribution in [-0.4, -0.2) is 14.1 Å². The summed E-state index contributed by atoms with van der Waals surface area (Å²) >= 11 is 0. The van der Waals surface area contributed by atoms with Gasteiger partial charge in [0.15, 0.2) is 0 Å². The van der Waals surface area contributed by atoms with Crippen molar-refractivity contribution in [1.29, 1.82) is 0 Å². The Kier molecular flexibility index (Phi) is 7.23. The summed E-state index contributed by atoms with van der Waals surface area (Å²) in [6.45, 7) is 0. The molecule has 12 rings (SSSR count). The molecule has 3 nitrogen and oxygen atoms in total. The van der Waals surface area contributed by atoms with Crippen LogP contribution in [0.5, 0.6) is 0 Å². The van der Waals surface area contributed by atoms with Crippen molar-refractivity contribution >= 4 is 65.2 Å². The molecule has 0 N–H and O–H groups in total. The highest BCUT2D eigenvalue weighted by atomic mass is 15.0. The highest BCUT2D eigenvalue weighted by molar-refractivity contribution is 6.22. The van der Waals surface area contributed by atoms with Crippen LogP contribution < -0.4 is 0 Å². The molecular weight excluding hydrogens is 703 g/mol. The molecular formula is C55H35N3. The van der Waals surface area contributed by atoms with Crippen molar-refractivity contribution in [2.24, 2.45) is 0 Å². The van der Waals surface area contributed by atoms with Gasteiger partial charge in [-0.1, -0.05) is 140 Å². The maximum absolute atomic E-state index is 4.97. The average Bonchev–Trinajstić information content (AvgIpc) is 3.82. The molecule has 0 atom stereocenters. The lowest BCUT2D eigenvalue weighted by molar-refractivity contribution is 1.18. The summed E-state index contributed by atoms with van der Waals surface area (Å²) in [5.41, 5.74) is 13.8. The summed E-state index contributed by atoms with van der Waals surface area (Å²) in [7, 11) is 0. The maximum Gasteiger partial charge on any atom is 0.0781 e. The van der Waals surface area contributed by atoms with E-state index in [2.05, 4.69) is 215 Å². The Morgan fingerprint density at radius 1 is 0.293 bits per heavy atom. The van der Waals surface area contributed by atoms with Crippen LogP contribution >= 0.6 is 0 Å². The minimum atomic E-state index is 0.983. The van der Waals surface area contributed by atoms with E-state index in [-0.39, 0.29) is 0 Å². The van der Waals surface area contributed by atoms with Crippen LogP contribution in [0.4, 0.5) is 0 Å². The zero-order valence-electron chi connectivity index (χ0n) is 31.5. The van der Waals surface area contributed by atoms with Gasteiger partial charge >= 0.3 is 0 Å². The van der Waals surface area contributed by atoms with E-state index < -0.39 is 0 Å². The number of hydrogen-bond donors (Lipinski definition) is 0. The molecule has 0 saturated heterocycles. The topological polar surface area (TPSA) is 22.8 Å². The van der Waals surface area contributed by atoms with Gasteiger partial charge in [0.1, 0.15) is 0 Å². The first-order chi connectivity index (χ1) is 28.8. The van der Waals surface area contributed by atoms with E-state index in [1.807, 2.05) is 6.20 Å². The molecule has 3 aromatic heterocycles. The molecule has 0 amide bonds. The van der Waals surface area contributed by atoms with Crippen molar-refractivity contribution in [2.75, 3.05) is 0 Å². The smallest absolute Gasteiger partial charge is 0.0781 e. The van der Waals surface area contributed by atoms with Gasteiger partial charge in [-0.25, -0.2) is 0 Å². The third-order valence-corrected chi connectivity index (χ3v) is 11.9. The first-order valence-corrected chi connectivity index (χ1v) is 19.9. The summed E-state index contributed by atoms with van der Waals surface area (Å²) in [4.78, 5) is 4.97. The van der Waals surface area contributed by atoms with Gasteiger partial charge < -0.3 is 9.13 Å². The monoisotopic (exact) mass is 737 g/mol. The summed E-state index contributed by atoms with van der Waals surface area (Å²) in [5, 5.41) is 9.84. The van der Waals surface area contributed by atoms with E-state index in [1.165, 1.54) is 70.9 Å². The zero-order chi connectivity index (χ0) is 38.2. The lowest BCUT2D eigenvalue weighted by atomic mass is 9.97. The van der Waals surface area contributed by atoms with E-state index in [4.69, 9.17) is 4.98 Å². The first-order valence-electron chi connectivity index (χ1n) is 19.9. The second kappa shape index (κ2) is 12.9. The highest BCUT2D eigenvalue weighted by Gasteiger charge is 2.19. The van der Waals surface area contributed by atoms with Gasteiger partial charge in [-0.2, -0.15) is 0 Å². The molecule has 0 fully saturated rings. The number of para-hydroxylation sites is 2. The Morgan fingerprint density at radius 2 is 0.914 bits per heavy atom. The summed E-state index contributed by atoms with van der Waals surface area (Å²) in [5.74, 6) is 0. The van der Waals surface area contributed by atoms with Crippen molar-refractivity contribution in [3.05, 3.63) is 212 Å². The van der Waals surface area contributed by atoms with Crippen molar-refractivity contribution in [3.63, 3.8) is 0 Å². The molecule has 0 saturated carbocycles. The number of aromatic nitrogens is 3. The fourth-order valence-electron chi connectivity index (χ4n) is 9.28. The minimum absolute atomic E-state index is 0.983. The molecule has 0 radical (unpaired) electrons. The van der Waals surface area contributed by atoms with Gasteiger partial charge in [0.25, 0.3) is 0 Å². The van der Waals surface area contributed by atoms with Crippen LogP contribution in [-0.2, 0) is 0 Å². The Morgan fingerprint density at radius 3 is 1.76 bits per heavy atom. The maximum atomic E-state index is 4.97. The number of rotatable bonds is 5. The van der Waals surface area contributed by atoms with Crippen molar-refractivity contribution in [1.82, 2.24) is 14.1 Å². The normalized spacial score (nSPS) is 11.8. The second-order valence-corrected chi connectivity index (χ2v) is 15.2. The molecule has 0 aliphatic rings. The average molecular weight is 738 g/mol. The van der Waals surface area contributed by atoms with Crippen molar-refractivity contribution < 1.29 is 0 Å². The van der Waals surface area contributed by atoms with Gasteiger partial charge in [-0.3, -0.25) is 4.98 Å². The largest absolute Gasteiger partial charge is 0.309 e. The molecule has 3 heterocycles. The van der Waals surface area contributed by atoms with Crippen LogP contribution in [0, 0.1) is 0 Å². The fourth-order valence-corrected chi connectivity index (χ4v) is 9.28. The molecule has 9 aromatic carbocycles. The predicted octanol–water partition coefficient (Wildman–Crippen LogP) is 14.6. The van der Waals surface area contributed by atoms with Crippen LogP contribution in [0.1, 0.15) is 0 Å². The molecule has 270 valence electrons. The summed E-state index contributed by atoms with van der Waals surface area (Å²) in [6, 6.07) is 75.0. The Hall–Kier alpha value is -7.75. The first kappa shape index (κ1) is 32.5. The van der Waals surface area contributed by atoms with E-state index in [1.54, 1.807) is 0 Å². The quantitative estimate of drug-likeness (QED) is 0.172. The van der Waals surface area contributed by atoms with E-state index in [0.717, 1.165) is 39.1 Å². The van der Waals surface area contributed by atoms with Gasteiger partial charge in [-0.05, 0) is 105 Å².